The van der Waals surface area contributed by atoms with Crippen LogP contribution < -0.4 is 0 Å². The second kappa shape index (κ2) is 4.00. The summed E-state index contributed by atoms with van der Waals surface area (Å²) in [6.45, 7) is 2.17. The zero-order chi connectivity index (χ0) is 12.3. The first kappa shape index (κ1) is 11.3. The van der Waals surface area contributed by atoms with E-state index in [1.54, 1.807) is 0 Å². The Morgan fingerprint density at radius 3 is 2.61 bits per heavy atom. The van der Waals surface area contributed by atoms with Gasteiger partial charge in [-0.1, -0.05) is 29.8 Å². The van der Waals surface area contributed by atoms with Crippen LogP contribution in [0, 0.1) is 36.5 Å². The van der Waals surface area contributed by atoms with Gasteiger partial charge in [0.2, 0.25) is 0 Å². The lowest BCUT2D eigenvalue weighted by Crippen LogP contribution is -2.13. The first-order valence-electron chi connectivity index (χ1n) is 7.43. The van der Waals surface area contributed by atoms with E-state index in [4.69, 9.17) is 11.6 Å². The van der Waals surface area contributed by atoms with Crippen molar-refractivity contribution in [2.45, 2.75) is 38.0 Å². The van der Waals surface area contributed by atoms with Crippen LogP contribution >= 0.6 is 11.6 Å². The highest BCUT2D eigenvalue weighted by atomic mass is 35.5. The predicted molar refractivity (Wildman–Crippen MR) is 75.8 cm³/mol. The maximum atomic E-state index is 6.73. The molecule has 2 bridgehead atoms. The molecular weight excluding hydrogens is 240 g/mol. The van der Waals surface area contributed by atoms with Crippen LogP contribution in [-0.2, 0) is 6.42 Å². The number of fused-ring (bicyclic) bond motifs is 5. The van der Waals surface area contributed by atoms with Gasteiger partial charge in [0.1, 0.15) is 0 Å². The van der Waals surface area contributed by atoms with Gasteiger partial charge in [-0.25, -0.2) is 0 Å². The molecule has 3 aliphatic carbocycles. The lowest BCUT2D eigenvalue weighted by molar-refractivity contribution is 0.449. The van der Waals surface area contributed by atoms with Crippen molar-refractivity contribution >= 4 is 11.6 Å². The van der Waals surface area contributed by atoms with Gasteiger partial charge in [0.05, 0.1) is 0 Å². The SMILES string of the molecule is Cc1cccc(CC(Cl)C2C3C4CCC(C4)C23)c1. The van der Waals surface area contributed by atoms with Crippen molar-refractivity contribution in [1.29, 1.82) is 0 Å². The third-order valence-electron chi connectivity index (χ3n) is 5.73. The van der Waals surface area contributed by atoms with Crippen molar-refractivity contribution in [1.82, 2.24) is 0 Å². The summed E-state index contributed by atoms with van der Waals surface area (Å²) >= 11 is 6.73. The number of aryl methyl sites for hydroxylation is 1. The summed E-state index contributed by atoms with van der Waals surface area (Å²) in [5.41, 5.74) is 2.78. The molecule has 0 spiro atoms. The molecular formula is C17H21Cl. The predicted octanol–water partition coefficient (Wildman–Crippen LogP) is 4.44. The quantitative estimate of drug-likeness (QED) is 0.705. The van der Waals surface area contributed by atoms with Crippen molar-refractivity contribution in [3.8, 4) is 0 Å². The molecule has 18 heavy (non-hydrogen) atoms. The number of hydrogen-bond acceptors (Lipinski definition) is 0. The zero-order valence-corrected chi connectivity index (χ0v) is 11.7. The second-order valence-electron chi connectivity index (χ2n) is 6.77. The summed E-state index contributed by atoms with van der Waals surface area (Å²) in [5, 5.41) is 0.380. The number of alkyl halides is 1. The van der Waals surface area contributed by atoms with Crippen LogP contribution in [0.1, 0.15) is 30.4 Å². The van der Waals surface area contributed by atoms with Gasteiger partial charge >= 0.3 is 0 Å². The Kier molecular flexibility index (Phi) is 2.52. The lowest BCUT2D eigenvalue weighted by Gasteiger charge is -2.14. The van der Waals surface area contributed by atoms with Crippen LogP contribution in [0.15, 0.2) is 24.3 Å². The van der Waals surface area contributed by atoms with Gasteiger partial charge < -0.3 is 0 Å². The molecule has 1 aromatic rings. The van der Waals surface area contributed by atoms with Gasteiger partial charge in [-0.15, -0.1) is 11.6 Å². The van der Waals surface area contributed by atoms with Crippen LogP contribution in [0.3, 0.4) is 0 Å². The maximum Gasteiger partial charge on any atom is 0.0410 e. The van der Waals surface area contributed by atoms with Gasteiger partial charge in [-0.05, 0) is 67.8 Å². The van der Waals surface area contributed by atoms with E-state index >= 15 is 0 Å². The molecule has 0 aromatic heterocycles. The Labute approximate surface area is 115 Å². The Morgan fingerprint density at radius 1 is 1.22 bits per heavy atom. The highest BCUT2D eigenvalue weighted by Gasteiger charge is 2.66. The molecule has 0 radical (unpaired) electrons. The molecule has 0 amide bonds. The van der Waals surface area contributed by atoms with E-state index in [9.17, 15) is 0 Å². The minimum atomic E-state index is 0.380. The average molecular weight is 261 g/mol. The van der Waals surface area contributed by atoms with Gasteiger partial charge in [-0.3, -0.25) is 0 Å². The van der Waals surface area contributed by atoms with Gasteiger partial charge in [0.15, 0.2) is 0 Å². The van der Waals surface area contributed by atoms with Crippen LogP contribution in [-0.4, -0.2) is 5.38 Å². The molecule has 4 rings (SSSR count). The highest BCUT2D eigenvalue weighted by Crippen LogP contribution is 2.71. The van der Waals surface area contributed by atoms with E-state index < -0.39 is 0 Å². The van der Waals surface area contributed by atoms with E-state index in [1.165, 1.54) is 30.4 Å². The zero-order valence-electron chi connectivity index (χ0n) is 11.0. The topological polar surface area (TPSA) is 0 Å². The second-order valence-corrected chi connectivity index (χ2v) is 7.34. The molecule has 5 atom stereocenters. The van der Waals surface area contributed by atoms with Gasteiger partial charge in [0, 0.05) is 5.38 Å². The standard InChI is InChI=1S/C17H21Cl/c1-10-3-2-4-11(7-10)8-14(18)17-15-12-5-6-13(9-12)16(15)17/h2-4,7,12-17H,5-6,8-9H2,1H3. The minimum absolute atomic E-state index is 0.380. The Balaban J connectivity index is 1.45. The third-order valence-corrected chi connectivity index (χ3v) is 6.17. The van der Waals surface area contributed by atoms with Crippen molar-refractivity contribution in [2.75, 3.05) is 0 Å². The van der Waals surface area contributed by atoms with Crippen LogP contribution in [0.4, 0.5) is 0 Å². The Morgan fingerprint density at radius 2 is 1.94 bits per heavy atom. The molecule has 1 aromatic carbocycles. The van der Waals surface area contributed by atoms with Crippen molar-refractivity contribution in [2.24, 2.45) is 29.6 Å². The Bertz CT molecular complexity index is 450. The van der Waals surface area contributed by atoms with Crippen molar-refractivity contribution < 1.29 is 0 Å². The molecule has 0 N–H and O–H groups in total. The van der Waals surface area contributed by atoms with E-state index in [2.05, 4.69) is 31.2 Å². The fraction of sp³-hybridized carbons (Fsp3) is 0.647. The summed E-state index contributed by atoms with van der Waals surface area (Å²) < 4.78 is 0. The molecule has 3 saturated carbocycles. The molecule has 0 saturated heterocycles. The normalized spacial score (nSPS) is 41.8. The smallest absolute Gasteiger partial charge is 0.0410 e. The summed E-state index contributed by atoms with van der Waals surface area (Å²) in [6.07, 6.45) is 5.59. The van der Waals surface area contributed by atoms with E-state index in [1.807, 2.05) is 0 Å². The lowest BCUT2D eigenvalue weighted by atomic mass is 9.96. The number of halogens is 1. The van der Waals surface area contributed by atoms with Crippen molar-refractivity contribution in [3.05, 3.63) is 35.4 Å². The summed E-state index contributed by atoms with van der Waals surface area (Å²) in [7, 11) is 0. The molecule has 0 aliphatic heterocycles. The molecule has 1 heteroatoms. The maximum absolute atomic E-state index is 6.73. The average Bonchev–Trinajstić information content (AvgIpc) is 2.79. The number of hydrogen-bond donors (Lipinski definition) is 0. The van der Waals surface area contributed by atoms with Crippen LogP contribution in [0.2, 0.25) is 0 Å². The first-order chi connectivity index (χ1) is 8.74. The minimum Gasteiger partial charge on any atom is -0.122 e. The summed E-state index contributed by atoms with van der Waals surface area (Å²) in [6, 6.07) is 8.85. The fourth-order valence-electron chi connectivity index (χ4n) is 5.08. The number of benzene rings is 1. The van der Waals surface area contributed by atoms with Crippen molar-refractivity contribution in [3.63, 3.8) is 0 Å². The van der Waals surface area contributed by atoms with E-state index in [-0.39, 0.29) is 0 Å². The van der Waals surface area contributed by atoms with Gasteiger partial charge in [-0.2, -0.15) is 0 Å². The molecule has 3 fully saturated rings. The molecule has 5 unspecified atom stereocenters. The largest absolute Gasteiger partial charge is 0.122 e. The molecule has 3 aliphatic rings. The summed E-state index contributed by atoms with van der Waals surface area (Å²) in [5.74, 6) is 4.96. The van der Waals surface area contributed by atoms with E-state index in [0.717, 1.165) is 36.0 Å². The van der Waals surface area contributed by atoms with Gasteiger partial charge in [0.25, 0.3) is 0 Å². The van der Waals surface area contributed by atoms with Crippen LogP contribution in [0.5, 0.6) is 0 Å². The monoisotopic (exact) mass is 260 g/mol. The fourth-order valence-corrected chi connectivity index (χ4v) is 5.59. The molecule has 0 heterocycles. The number of rotatable bonds is 3. The highest BCUT2D eigenvalue weighted by molar-refractivity contribution is 6.21. The van der Waals surface area contributed by atoms with Crippen LogP contribution in [0.25, 0.3) is 0 Å². The third kappa shape index (κ3) is 1.65. The molecule has 96 valence electrons. The summed E-state index contributed by atoms with van der Waals surface area (Å²) in [4.78, 5) is 0. The first-order valence-corrected chi connectivity index (χ1v) is 7.87. The Hall–Kier alpha value is -0.490. The van der Waals surface area contributed by atoms with E-state index in [0.29, 0.717) is 5.38 Å². The molecule has 0 nitrogen and oxygen atoms in total.